The number of aromatic nitrogens is 3. The second kappa shape index (κ2) is 3.55. The van der Waals surface area contributed by atoms with E-state index in [9.17, 15) is 3.89 Å². The minimum absolute atomic E-state index is 0.329. The van der Waals surface area contributed by atoms with Gasteiger partial charge in [-0.2, -0.15) is 3.89 Å². The van der Waals surface area contributed by atoms with Crippen LogP contribution < -0.4 is 0 Å². The average molecular weight is 161 g/mol. The summed E-state index contributed by atoms with van der Waals surface area (Å²) in [7, 11) is 1.79. The van der Waals surface area contributed by atoms with Crippen LogP contribution in [0.25, 0.3) is 0 Å². The van der Waals surface area contributed by atoms with E-state index in [0.29, 0.717) is 24.3 Å². The van der Waals surface area contributed by atoms with Gasteiger partial charge < -0.3 is 0 Å². The highest BCUT2D eigenvalue weighted by Gasteiger charge is 1.96. The summed E-state index contributed by atoms with van der Waals surface area (Å²) in [6.07, 6.45) is 2.44. The molecule has 0 aromatic carbocycles. The normalized spacial score (nSPS) is 10.2. The van der Waals surface area contributed by atoms with E-state index in [4.69, 9.17) is 0 Å². The maximum atomic E-state index is 11.5. The number of hydrogen-bond donors (Lipinski definition) is 0. The van der Waals surface area contributed by atoms with Gasteiger partial charge in [0, 0.05) is 37.6 Å². The van der Waals surface area contributed by atoms with Crippen molar-refractivity contribution in [1.29, 1.82) is 0 Å². The predicted octanol–water partition coefficient (Wildman–Crippen LogP) is 0.975. The van der Waals surface area contributed by atoms with Crippen molar-refractivity contribution in [3.63, 3.8) is 0 Å². The molecule has 1 aromatic rings. The van der Waals surface area contributed by atoms with Gasteiger partial charge in [0.15, 0.2) is 0 Å². The van der Waals surface area contributed by atoms with Crippen LogP contribution >= 0.6 is 12.1 Å². The molecule has 0 saturated carbocycles. The van der Waals surface area contributed by atoms with Crippen LogP contribution in [0.4, 0.5) is 3.89 Å². The molecule has 0 aliphatic carbocycles. The Morgan fingerprint density at radius 2 is 2.60 bits per heavy atom. The maximum Gasteiger partial charge on any atom is 0.0836 e. The van der Waals surface area contributed by atoms with Crippen molar-refractivity contribution >= 4 is 12.1 Å². The molecule has 0 radical (unpaired) electrons. The molecule has 0 spiro atoms. The minimum Gasteiger partial charge on any atom is -0.255 e. The molecule has 0 fully saturated rings. The standard InChI is InChI=1S/C5H8FN3S/c1-9-4-5(7-8-9)2-3-10-6/h4H,2-3H2,1H3. The zero-order valence-electron chi connectivity index (χ0n) is 5.62. The molecule has 1 aromatic heterocycles. The van der Waals surface area contributed by atoms with Gasteiger partial charge in [-0.05, 0) is 0 Å². The van der Waals surface area contributed by atoms with Crippen LogP contribution in [0.3, 0.4) is 0 Å². The van der Waals surface area contributed by atoms with E-state index >= 15 is 0 Å². The Kier molecular flexibility index (Phi) is 2.68. The number of nitrogens with zero attached hydrogens (tertiary/aromatic N) is 3. The first-order valence-electron chi connectivity index (χ1n) is 2.91. The fourth-order valence-corrected chi connectivity index (χ4v) is 0.939. The first kappa shape index (κ1) is 7.53. The average Bonchev–Trinajstić information content (AvgIpc) is 2.31. The fourth-order valence-electron chi connectivity index (χ4n) is 0.653. The molecule has 56 valence electrons. The van der Waals surface area contributed by atoms with E-state index < -0.39 is 0 Å². The van der Waals surface area contributed by atoms with Crippen molar-refractivity contribution in [2.75, 3.05) is 5.75 Å². The molecule has 0 aliphatic heterocycles. The van der Waals surface area contributed by atoms with Crippen molar-refractivity contribution in [3.8, 4) is 0 Å². The lowest BCUT2D eigenvalue weighted by Crippen LogP contribution is -1.86. The molecule has 0 N–H and O–H groups in total. The van der Waals surface area contributed by atoms with Gasteiger partial charge in [0.05, 0.1) is 5.69 Å². The van der Waals surface area contributed by atoms with Gasteiger partial charge in [-0.25, -0.2) is 0 Å². The lowest BCUT2D eigenvalue weighted by molar-refractivity contribution is 0.713. The first-order chi connectivity index (χ1) is 4.83. The van der Waals surface area contributed by atoms with E-state index in [1.54, 1.807) is 17.9 Å². The maximum absolute atomic E-state index is 11.5. The van der Waals surface area contributed by atoms with Crippen LogP contribution in [0.5, 0.6) is 0 Å². The lowest BCUT2D eigenvalue weighted by Gasteiger charge is -1.85. The third-order valence-electron chi connectivity index (χ3n) is 1.09. The van der Waals surface area contributed by atoms with E-state index in [2.05, 4.69) is 10.3 Å². The molecule has 0 atom stereocenters. The smallest absolute Gasteiger partial charge is 0.0836 e. The second-order valence-corrected chi connectivity index (χ2v) is 2.57. The van der Waals surface area contributed by atoms with Crippen molar-refractivity contribution < 1.29 is 3.89 Å². The third-order valence-corrected chi connectivity index (χ3v) is 1.44. The van der Waals surface area contributed by atoms with Gasteiger partial charge in [0.25, 0.3) is 0 Å². The zero-order valence-corrected chi connectivity index (χ0v) is 6.44. The van der Waals surface area contributed by atoms with Gasteiger partial charge in [-0.3, -0.25) is 4.68 Å². The monoisotopic (exact) mass is 161 g/mol. The van der Waals surface area contributed by atoms with Gasteiger partial charge in [-0.15, -0.1) is 5.10 Å². The topological polar surface area (TPSA) is 30.7 Å². The molecule has 0 saturated heterocycles. The van der Waals surface area contributed by atoms with Crippen molar-refractivity contribution in [2.45, 2.75) is 6.42 Å². The molecule has 3 nitrogen and oxygen atoms in total. The predicted molar refractivity (Wildman–Crippen MR) is 38.3 cm³/mol. The SMILES string of the molecule is Cn1cc(CCSF)nn1. The van der Waals surface area contributed by atoms with E-state index in [-0.39, 0.29) is 0 Å². The number of hydrogen-bond acceptors (Lipinski definition) is 3. The molecule has 10 heavy (non-hydrogen) atoms. The first-order valence-corrected chi connectivity index (χ1v) is 3.80. The lowest BCUT2D eigenvalue weighted by atomic mass is 10.4. The van der Waals surface area contributed by atoms with Crippen molar-refractivity contribution in [3.05, 3.63) is 11.9 Å². The molecular weight excluding hydrogens is 153 g/mol. The number of aryl methyl sites for hydroxylation is 2. The Balaban J connectivity index is 2.42. The molecular formula is C5H8FN3S. The van der Waals surface area contributed by atoms with E-state index in [0.717, 1.165) is 5.69 Å². The van der Waals surface area contributed by atoms with E-state index in [1.807, 2.05) is 0 Å². The third kappa shape index (κ3) is 1.98. The fraction of sp³-hybridized carbons (Fsp3) is 0.600. The van der Waals surface area contributed by atoms with Crippen LogP contribution in [-0.4, -0.2) is 20.7 Å². The molecule has 0 unspecified atom stereocenters. The van der Waals surface area contributed by atoms with Crippen LogP contribution in [0.15, 0.2) is 6.20 Å². The highest BCUT2D eigenvalue weighted by Crippen LogP contribution is 2.03. The Morgan fingerprint density at radius 3 is 3.10 bits per heavy atom. The summed E-state index contributed by atoms with van der Waals surface area (Å²) in [5, 5.41) is 7.49. The largest absolute Gasteiger partial charge is 0.255 e. The summed E-state index contributed by atoms with van der Waals surface area (Å²) in [6, 6.07) is 0. The summed E-state index contributed by atoms with van der Waals surface area (Å²) in [5.41, 5.74) is 0.840. The van der Waals surface area contributed by atoms with Gasteiger partial charge in [0.2, 0.25) is 0 Å². The highest BCUT2D eigenvalue weighted by molar-refractivity contribution is 7.94. The minimum atomic E-state index is 0.329. The Hall–Kier alpha value is -0.580. The molecule has 0 amide bonds. The van der Waals surface area contributed by atoms with Crippen LogP contribution in [-0.2, 0) is 13.5 Å². The van der Waals surface area contributed by atoms with Gasteiger partial charge >= 0.3 is 0 Å². The molecule has 0 bridgehead atoms. The number of halogens is 1. The quantitative estimate of drug-likeness (QED) is 0.662. The van der Waals surface area contributed by atoms with Crippen LogP contribution in [0, 0.1) is 0 Å². The second-order valence-electron chi connectivity index (χ2n) is 1.95. The Bertz CT molecular complexity index is 201. The van der Waals surface area contributed by atoms with Gasteiger partial charge in [0.1, 0.15) is 0 Å². The Morgan fingerprint density at radius 1 is 1.80 bits per heavy atom. The van der Waals surface area contributed by atoms with Crippen molar-refractivity contribution in [1.82, 2.24) is 15.0 Å². The summed E-state index contributed by atoms with van der Waals surface area (Å²) >= 11 is 0.329. The number of rotatable bonds is 3. The molecule has 1 heterocycles. The van der Waals surface area contributed by atoms with Crippen LogP contribution in [0.2, 0.25) is 0 Å². The Labute approximate surface area is 62.9 Å². The summed E-state index contributed by atoms with van der Waals surface area (Å²) in [4.78, 5) is 0. The van der Waals surface area contributed by atoms with Crippen molar-refractivity contribution in [2.24, 2.45) is 7.05 Å². The molecule has 5 heteroatoms. The molecule has 1 rings (SSSR count). The van der Waals surface area contributed by atoms with E-state index in [1.165, 1.54) is 0 Å². The highest BCUT2D eigenvalue weighted by atomic mass is 32.2. The zero-order chi connectivity index (χ0) is 7.40. The van der Waals surface area contributed by atoms with Gasteiger partial charge in [-0.1, -0.05) is 5.21 Å². The van der Waals surface area contributed by atoms with Crippen LogP contribution in [0.1, 0.15) is 5.69 Å². The summed E-state index contributed by atoms with van der Waals surface area (Å²) < 4.78 is 13.2. The summed E-state index contributed by atoms with van der Waals surface area (Å²) in [5.74, 6) is 0.457. The summed E-state index contributed by atoms with van der Waals surface area (Å²) in [6.45, 7) is 0. The molecule has 0 aliphatic rings.